The van der Waals surface area contributed by atoms with Gasteiger partial charge in [0.2, 0.25) is 0 Å². The molecule has 2 unspecified atom stereocenters. The van der Waals surface area contributed by atoms with Crippen LogP contribution in [0.15, 0.2) is 0 Å². The number of methoxy groups -OCH3 is 1. The Bertz CT molecular complexity index is 153. The Morgan fingerprint density at radius 3 is 2.12 bits per heavy atom. The summed E-state index contributed by atoms with van der Waals surface area (Å²) in [6.45, 7) is 6.29. The van der Waals surface area contributed by atoms with E-state index in [1.54, 1.807) is 7.11 Å². The summed E-state index contributed by atoms with van der Waals surface area (Å²) in [5.41, 5.74) is -0.358. The fourth-order valence-corrected chi connectivity index (χ4v) is 1.94. The van der Waals surface area contributed by atoms with Crippen molar-refractivity contribution in [2.75, 3.05) is 7.11 Å². The van der Waals surface area contributed by atoms with Gasteiger partial charge in [0, 0.05) is 7.11 Å². The summed E-state index contributed by atoms with van der Waals surface area (Å²) in [5, 5.41) is 10.0. The van der Waals surface area contributed by atoms with Crippen LogP contribution in [-0.2, 0) is 4.74 Å². The van der Waals surface area contributed by atoms with E-state index in [0.717, 1.165) is 19.3 Å². The molecule has 1 N–H and O–H groups in total. The van der Waals surface area contributed by atoms with E-state index in [1.165, 1.54) is 32.1 Å². The van der Waals surface area contributed by atoms with Gasteiger partial charge in [0.25, 0.3) is 0 Å². The predicted octanol–water partition coefficient (Wildman–Crippen LogP) is 3.91. The maximum Gasteiger partial charge on any atom is 0.0905 e. The lowest BCUT2D eigenvalue weighted by Gasteiger charge is -2.32. The highest BCUT2D eigenvalue weighted by Gasteiger charge is 2.30. The monoisotopic (exact) mass is 230 g/mol. The number of hydrogen-bond acceptors (Lipinski definition) is 2. The van der Waals surface area contributed by atoms with Crippen LogP contribution in [0, 0.1) is 0 Å². The number of aliphatic hydroxyl groups is 1. The summed E-state index contributed by atoms with van der Waals surface area (Å²) in [6, 6.07) is 0. The molecule has 0 aromatic carbocycles. The van der Waals surface area contributed by atoms with Gasteiger partial charge >= 0.3 is 0 Å². The topological polar surface area (TPSA) is 29.5 Å². The Kier molecular flexibility index (Phi) is 8.96. The van der Waals surface area contributed by atoms with Gasteiger partial charge in [-0.05, 0) is 19.8 Å². The highest BCUT2D eigenvalue weighted by Crippen LogP contribution is 2.23. The minimum absolute atomic E-state index is 0.325. The van der Waals surface area contributed by atoms with Crippen LogP contribution >= 0.6 is 0 Å². The molecule has 0 saturated carbocycles. The van der Waals surface area contributed by atoms with Crippen molar-refractivity contribution in [2.24, 2.45) is 0 Å². The first-order chi connectivity index (χ1) is 7.60. The average Bonchev–Trinajstić information content (AvgIpc) is 2.32. The van der Waals surface area contributed by atoms with Gasteiger partial charge in [-0.3, -0.25) is 0 Å². The first-order valence-corrected chi connectivity index (χ1v) is 6.84. The summed E-state index contributed by atoms with van der Waals surface area (Å²) in [4.78, 5) is 0. The normalized spacial score (nSPS) is 17.1. The molecule has 0 rings (SSSR count). The van der Waals surface area contributed by atoms with Crippen molar-refractivity contribution in [2.45, 2.75) is 83.8 Å². The second-order valence-electron chi connectivity index (χ2n) is 4.94. The summed E-state index contributed by atoms with van der Waals surface area (Å²) in [5.74, 6) is 0. The van der Waals surface area contributed by atoms with Gasteiger partial charge < -0.3 is 9.84 Å². The standard InChI is InChI=1S/C14H30O2/c1-5-7-8-9-10-11-12-13(15)14(3,6-2)16-4/h13,15H,5-12H2,1-4H3. The molecule has 0 spiro atoms. The largest absolute Gasteiger partial charge is 0.390 e. The SMILES string of the molecule is CCCCCCCCC(O)C(C)(CC)OC. The minimum atomic E-state index is -0.358. The fraction of sp³-hybridized carbons (Fsp3) is 1.00. The first kappa shape index (κ1) is 15.9. The van der Waals surface area contributed by atoms with Crippen molar-refractivity contribution in [3.8, 4) is 0 Å². The predicted molar refractivity (Wildman–Crippen MR) is 69.7 cm³/mol. The van der Waals surface area contributed by atoms with Crippen LogP contribution in [0.1, 0.15) is 72.1 Å². The van der Waals surface area contributed by atoms with Crippen molar-refractivity contribution in [1.29, 1.82) is 0 Å². The second-order valence-corrected chi connectivity index (χ2v) is 4.94. The van der Waals surface area contributed by atoms with E-state index in [2.05, 4.69) is 13.8 Å². The molecular weight excluding hydrogens is 200 g/mol. The van der Waals surface area contributed by atoms with E-state index in [0.29, 0.717) is 0 Å². The summed E-state index contributed by atoms with van der Waals surface area (Å²) >= 11 is 0. The Hall–Kier alpha value is -0.0800. The number of aliphatic hydroxyl groups excluding tert-OH is 1. The number of ether oxygens (including phenoxy) is 1. The molecule has 0 amide bonds. The van der Waals surface area contributed by atoms with Crippen LogP contribution in [0.4, 0.5) is 0 Å². The van der Waals surface area contributed by atoms with Gasteiger partial charge in [-0.1, -0.05) is 52.4 Å². The van der Waals surface area contributed by atoms with Crippen molar-refractivity contribution in [3.05, 3.63) is 0 Å². The van der Waals surface area contributed by atoms with Gasteiger partial charge in [-0.25, -0.2) is 0 Å². The molecule has 0 radical (unpaired) electrons. The van der Waals surface area contributed by atoms with Gasteiger partial charge in [0.05, 0.1) is 11.7 Å². The van der Waals surface area contributed by atoms with Crippen LogP contribution in [0.3, 0.4) is 0 Å². The Morgan fingerprint density at radius 1 is 1.06 bits per heavy atom. The van der Waals surface area contributed by atoms with Gasteiger partial charge in [-0.2, -0.15) is 0 Å². The molecule has 0 aliphatic rings. The third-order valence-corrected chi connectivity index (χ3v) is 3.70. The van der Waals surface area contributed by atoms with Crippen molar-refractivity contribution in [3.63, 3.8) is 0 Å². The highest BCUT2D eigenvalue weighted by atomic mass is 16.5. The van der Waals surface area contributed by atoms with Gasteiger partial charge in [0.1, 0.15) is 0 Å². The highest BCUT2D eigenvalue weighted by molar-refractivity contribution is 4.81. The average molecular weight is 230 g/mol. The molecule has 0 saturated heterocycles. The fourth-order valence-electron chi connectivity index (χ4n) is 1.94. The molecule has 0 aliphatic heterocycles. The zero-order valence-corrected chi connectivity index (χ0v) is 11.6. The van der Waals surface area contributed by atoms with E-state index in [1.807, 2.05) is 6.92 Å². The van der Waals surface area contributed by atoms with Crippen LogP contribution in [-0.4, -0.2) is 23.9 Å². The molecule has 98 valence electrons. The molecule has 0 aromatic heterocycles. The summed E-state index contributed by atoms with van der Waals surface area (Å²) in [6.07, 6.45) is 9.02. The van der Waals surface area contributed by atoms with Crippen LogP contribution < -0.4 is 0 Å². The Labute approximate surface area is 101 Å². The van der Waals surface area contributed by atoms with Crippen LogP contribution in [0.2, 0.25) is 0 Å². The zero-order valence-electron chi connectivity index (χ0n) is 11.6. The third kappa shape index (κ3) is 5.86. The first-order valence-electron chi connectivity index (χ1n) is 6.84. The van der Waals surface area contributed by atoms with Crippen LogP contribution in [0.25, 0.3) is 0 Å². The number of unbranched alkanes of at least 4 members (excludes halogenated alkanes) is 5. The maximum absolute atomic E-state index is 10.0. The molecule has 2 nitrogen and oxygen atoms in total. The lowest BCUT2D eigenvalue weighted by atomic mass is 9.91. The van der Waals surface area contributed by atoms with Crippen molar-refractivity contribution >= 4 is 0 Å². The molecule has 16 heavy (non-hydrogen) atoms. The molecule has 2 atom stereocenters. The Balaban J connectivity index is 3.60. The van der Waals surface area contributed by atoms with Gasteiger partial charge in [0.15, 0.2) is 0 Å². The molecule has 0 aromatic rings. The maximum atomic E-state index is 10.0. The van der Waals surface area contributed by atoms with Crippen molar-refractivity contribution < 1.29 is 9.84 Å². The molecule has 0 aliphatic carbocycles. The smallest absolute Gasteiger partial charge is 0.0905 e. The quantitative estimate of drug-likeness (QED) is 0.576. The molecule has 2 heteroatoms. The molecule has 0 heterocycles. The third-order valence-electron chi connectivity index (χ3n) is 3.70. The molecule has 0 bridgehead atoms. The van der Waals surface area contributed by atoms with Gasteiger partial charge in [-0.15, -0.1) is 0 Å². The zero-order chi connectivity index (χ0) is 12.4. The lowest BCUT2D eigenvalue weighted by molar-refractivity contribution is -0.0954. The minimum Gasteiger partial charge on any atom is -0.390 e. The summed E-state index contributed by atoms with van der Waals surface area (Å²) in [7, 11) is 1.69. The molecule has 0 fully saturated rings. The molecular formula is C14H30O2. The van der Waals surface area contributed by atoms with E-state index in [-0.39, 0.29) is 11.7 Å². The lowest BCUT2D eigenvalue weighted by Crippen LogP contribution is -2.40. The Morgan fingerprint density at radius 2 is 1.62 bits per heavy atom. The summed E-state index contributed by atoms with van der Waals surface area (Å²) < 4.78 is 5.39. The van der Waals surface area contributed by atoms with E-state index in [4.69, 9.17) is 4.74 Å². The number of rotatable bonds is 10. The number of hydrogen-bond donors (Lipinski definition) is 1. The van der Waals surface area contributed by atoms with E-state index in [9.17, 15) is 5.11 Å². The van der Waals surface area contributed by atoms with E-state index >= 15 is 0 Å². The van der Waals surface area contributed by atoms with E-state index < -0.39 is 0 Å². The van der Waals surface area contributed by atoms with Crippen molar-refractivity contribution in [1.82, 2.24) is 0 Å². The second kappa shape index (κ2) is 9.00. The van der Waals surface area contributed by atoms with Crippen LogP contribution in [0.5, 0.6) is 0 Å².